The predicted octanol–water partition coefficient (Wildman–Crippen LogP) is 6.30. The molecule has 2 aromatic rings. The van der Waals surface area contributed by atoms with Crippen LogP contribution in [-0.2, 0) is 19.0 Å². The molecule has 0 aromatic heterocycles. The highest BCUT2D eigenvalue weighted by Gasteiger charge is 2.34. The molecule has 148 valence electrons. The van der Waals surface area contributed by atoms with Gasteiger partial charge in [-0.15, -0.1) is 0 Å². The molecule has 2 N–H and O–H groups in total. The minimum Gasteiger partial charge on any atom is -0.493 e. The summed E-state index contributed by atoms with van der Waals surface area (Å²) in [4.78, 5) is 0. The second-order valence-electron chi connectivity index (χ2n) is 6.54. The zero-order valence-corrected chi connectivity index (χ0v) is 16.5. The van der Waals surface area contributed by atoms with Crippen LogP contribution in [-0.4, -0.2) is 12.6 Å². The molecule has 0 radical (unpaired) electrons. The Bertz CT molecular complexity index is 763. The number of halogens is 5. The second-order valence-corrected chi connectivity index (χ2v) is 7.36. The van der Waals surface area contributed by atoms with Gasteiger partial charge in [0.05, 0.1) is 22.2 Å². The lowest BCUT2D eigenvalue weighted by Gasteiger charge is -2.16. The summed E-state index contributed by atoms with van der Waals surface area (Å²) in [5.74, 6) is -0.152. The van der Waals surface area contributed by atoms with Crippen LogP contribution in [0.4, 0.5) is 13.2 Å². The first kappa shape index (κ1) is 21.9. The average molecular weight is 420 g/mol. The molecule has 0 aliphatic heterocycles. The molecule has 0 saturated heterocycles. The maximum atomic E-state index is 13.4. The lowest BCUT2D eigenvalue weighted by molar-refractivity contribution is -0.139. The summed E-state index contributed by atoms with van der Waals surface area (Å²) in [5, 5.41) is 0.924. The molecular weight excluding hydrogens is 398 g/mol. The number of hydrogen-bond acceptors (Lipinski definition) is 2. The Morgan fingerprint density at radius 3 is 2.30 bits per heavy atom. The molecule has 1 atom stereocenters. The molecule has 0 fully saturated rings. The molecule has 27 heavy (non-hydrogen) atoms. The van der Waals surface area contributed by atoms with Gasteiger partial charge in [0.2, 0.25) is 0 Å². The third kappa shape index (κ3) is 6.91. The number of benzene rings is 2. The quantitative estimate of drug-likeness (QED) is 0.509. The van der Waals surface area contributed by atoms with Crippen LogP contribution in [0.3, 0.4) is 0 Å². The fourth-order valence-corrected chi connectivity index (χ4v) is 2.95. The molecule has 2 aromatic carbocycles. The first-order valence-electron chi connectivity index (χ1n) is 8.69. The predicted molar refractivity (Wildman–Crippen MR) is 104 cm³/mol. The SMILES string of the molecule is CC(N)CCc1ccc(OCCCc2ccc(Cl)c(Cl)c2)c(C(F)(F)F)c1. The van der Waals surface area contributed by atoms with Gasteiger partial charge in [0.15, 0.2) is 0 Å². The minimum atomic E-state index is -4.47. The van der Waals surface area contributed by atoms with Crippen molar-refractivity contribution in [3.8, 4) is 5.75 Å². The number of alkyl halides is 3. The lowest BCUT2D eigenvalue weighted by atomic mass is 10.0. The van der Waals surface area contributed by atoms with Crippen molar-refractivity contribution in [3.05, 3.63) is 63.1 Å². The van der Waals surface area contributed by atoms with Gasteiger partial charge in [-0.25, -0.2) is 0 Å². The molecule has 0 aliphatic rings. The fraction of sp³-hybridized carbons (Fsp3) is 0.400. The number of hydrogen-bond donors (Lipinski definition) is 1. The monoisotopic (exact) mass is 419 g/mol. The number of aryl methyl sites for hydroxylation is 2. The van der Waals surface area contributed by atoms with Gasteiger partial charge in [-0.2, -0.15) is 13.2 Å². The first-order valence-corrected chi connectivity index (χ1v) is 9.45. The van der Waals surface area contributed by atoms with E-state index in [1.807, 2.05) is 13.0 Å². The van der Waals surface area contributed by atoms with Gasteiger partial charge in [0.1, 0.15) is 5.75 Å². The van der Waals surface area contributed by atoms with Gasteiger partial charge in [-0.3, -0.25) is 0 Å². The maximum Gasteiger partial charge on any atom is 0.419 e. The molecule has 0 spiro atoms. The highest BCUT2D eigenvalue weighted by atomic mass is 35.5. The van der Waals surface area contributed by atoms with E-state index in [1.165, 1.54) is 6.07 Å². The molecule has 2 rings (SSSR count). The molecule has 7 heteroatoms. The molecule has 2 nitrogen and oxygen atoms in total. The van der Waals surface area contributed by atoms with Gasteiger partial charge >= 0.3 is 6.18 Å². The molecule has 0 amide bonds. The minimum absolute atomic E-state index is 0.0587. The summed E-state index contributed by atoms with van der Waals surface area (Å²) in [5.41, 5.74) is 6.48. The molecule has 0 heterocycles. The van der Waals surface area contributed by atoms with E-state index in [1.54, 1.807) is 18.2 Å². The average Bonchev–Trinajstić information content (AvgIpc) is 2.59. The number of rotatable bonds is 8. The van der Waals surface area contributed by atoms with E-state index in [0.717, 1.165) is 11.6 Å². The van der Waals surface area contributed by atoms with Crippen molar-refractivity contribution in [2.75, 3.05) is 6.61 Å². The topological polar surface area (TPSA) is 35.2 Å². The van der Waals surface area contributed by atoms with E-state index < -0.39 is 11.7 Å². The smallest absolute Gasteiger partial charge is 0.419 e. The molecular formula is C20H22Cl2F3NO. The first-order chi connectivity index (χ1) is 12.7. The largest absolute Gasteiger partial charge is 0.493 e. The van der Waals surface area contributed by atoms with E-state index in [-0.39, 0.29) is 18.4 Å². The Morgan fingerprint density at radius 1 is 1.00 bits per heavy atom. The van der Waals surface area contributed by atoms with Crippen molar-refractivity contribution < 1.29 is 17.9 Å². The molecule has 0 aliphatic carbocycles. The van der Waals surface area contributed by atoms with Crippen molar-refractivity contribution in [2.24, 2.45) is 5.73 Å². The fourth-order valence-electron chi connectivity index (χ4n) is 2.63. The standard InChI is InChI=1S/C20H22Cl2F3NO/c1-13(26)4-5-15-7-9-19(16(11-15)20(23,24)25)27-10-2-3-14-6-8-17(21)18(22)12-14/h6-9,11-13H,2-5,10,26H2,1H3. The Morgan fingerprint density at radius 2 is 1.67 bits per heavy atom. The second kappa shape index (κ2) is 9.67. The van der Waals surface area contributed by atoms with Crippen LogP contribution in [0.25, 0.3) is 0 Å². The van der Waals surface area contributed by atoms with E-state index in [0.29, 0.717) is 41.3 Å². The van der Waals surface area contributed by atoms with E-state index in [4.69, 9.17) is 33.7 Å². The summed E-state index contributed by atoms with van der Waals surface area (Å²) in [6.45, 7) is 2.00. The number of nitrogens with two attached hydrogens (primary N) is 1. The highest BCUT2D eigenvalue weighted by Crippen LogP contribution is 2.37. The lowest BCUT2D eigenvalue weighted by Crippen LogP contribution is -2.16. The van der Waals surface area contributed by atoms with Crippen LogP contribution in [0.1, 0.15) is 36.5 Å². The van der Waals surface area contributed by atoms with Gasteiger partial charge in [-0.1, -0.05) is 35.3 Å². The van der Waals surface area contributed by atoms with E-state index >= 15 is 0 Å². The summed E-state index contributed by atoms with van der Waals surface area (Å²) in [6.07, 6.45) is -2.16. The van der Waals surface area contributed by atoms with Crippen LogP contribution in [0.15, 0.2) is 36.4 Å². The van der Waals surface area contributed by atoms with Gasteiger partial charge in [0.25, 0.3) is 0 Å². The Labute approximate surface area is 167 Å². The van der Waals surface area contributed by atoms with Crippen molar-refractivity contribution in [3.63, 3.8) is 0 Å². The van der Waals surface area contributed by atoms with Gasteiger partial charge in [0, 0.05) is 6.04 Å². The third-order valence-corrected chi connectivity index (χ3v) is 4.83. The highest BCUT2D eigenvalue weighted by molar-refractivity contribution is 6.42. The van der Waals surface area contributed by atoms with Crippen LogP contribution >= 0.6 is 23.2 Å². The maximum absolute atomic E-state index is 13.4. The van der Waals surface area contributed by atoms with Crippen molar-refractivity contribution in [1.82, 2.24) is 0 Å². The van der Waals surface area contributed by atoms with Crippen LogP contribution in [0.5, 0.6) is 5.75 Å². The van der Waals surface area contributed by atoms with Crippen molar-refractivity contribution in [2.45, 2.75) is 44.8 Å². The van der Waals surface area contributed by atoms with E-state index in [9.17, 15) is 13.2 Å². The van der Waals surface area contributed by atoms with Gasteiger partial charge < -0.3 is 10.5 Å². The normalized spacial score (nSPS) is 12.9. The molecule has 0 saturated carbocycles. The summed E-state index contributed by atoms with van der Waals surface area (Å²) >= 11 is 11.8. The Balaban J connectivity index is 1.98. The van der Waals surface area contributed by atoms with Gasteiger partial charge in [-0.05, 0) is 68.0 Å². The number of ether oxygens (including phenoxy) is 1. The molecule has 1 unspecified atom stereocenters. The Hall–Kier alpha value is -1.43. The van der Waals surface area contributed by atoms with Crippen molar-refractivity contribution >= 4 is 23.2 Å². The summed E-state index contributed by atoms with van der Waals surface area (Å²) in [7, 11) is 0. The molecule has 0 bridgehead atoms. The summed E-state index contributed by atoms with van der Waals surface area (Å²) < 4.78 is 45.5. The third-order valence-electron chi connectivity index (χ3n) is 4.09. The zero-order valence-electron chi connectivity index (χ0n) is 15.0. The zero-order chi connectivity index (χ0) is 20.0. The van der Waals surface area contributed by atoms with Crippen LogP contribution < -0.4 is 10.5 Å². The Kier molecular flexibility index (Phi) is 7.83. The van der Waals surface area contributed by atoms with Crippen LogP contribution in [0, 0.1) is 0 Å². The van der Waals surface area contributed by atoms with Crippen molar-refractivity contribution in [1.29, 1.82) is 0 Å². The van der Waals surface area contributed by atoms with E-state index in [2.05, 4.69) is 0 Å². The van der Waals surface area contributed by atoms with Crippen LogP contribution in [0.2, 0.25) is 10.0 Å². The summed E-state index contributed by atoms with van der Waals surface area (Å²) in [6, 6.07) is 9.42.